The Bertz CT molecular complexity index is 116. The maximum Gasteiger partial charge on any atom is 0.0578 e. The lowest BCUT2D eigenvalue weighted by Crippen LogP contribution is -2.31. The highest BCUT2D eigenvalue weighted by atomic mass is 16.5. The number of hydrogen-bond donors (Lipinski definition) is 1. The zero-order valence-corrected chi connectivity index (χ0v) is 8.47. The van der Waals surface area contributed by atoms with Gasteiger partial charge in [-0.15, -0.1) is 0 Å². The van der Waals surface area contributed by atoms with Crippen molar-refractivity contribution in [2.75, 3.05) is 7.05 Å². The van der Waals surface area contributed by atoms with Gasteiger partial charge in [0.2, 0.25) is 0 Å². The van der Waals surface area contributed by atoms with Crippen molar-refractivity contribution in [3.63, 3.8) is 0 Å². The molecular formula is C10H21NO. The van der Waals surface area contributed by atoms with E-state index in [2.05, 4.69) is 19.2 Å². The molecule has 12 heavy (non-hydrogen) atoms. The molecular weight excluding hydrogens is 150 g/mol. The van der Waals surface area contributed by atoms with Crippen LogP contribution >= 0.6 is 0 Å². The number of nitrogens with one attached hydrogen (secondary N) is 1. The van der Waals surface area contributed by atoms with Gasteiger partial charge in [0.1, 0.15) is 0 Å². The van der Waals surface area contributed by atoms with Gasteiger partial charge in [-0.25, -0.2) is 0 Å². The molecule has 1 aliphatic rings. The van der Waals surface area contributed by atoms with Crippen molar-refractivity contribution in [2.24, 2.45) is 0 Å². The molecule has 1 aliphatic carbocycles. The highest BCUT2D eigenvalue weighted by molar-refractivity contribution is 4.72. The van der Waals surface area contributed by atoms with Crippen molar-refractivity contribution >= 4 is 0 Å². The topological polar surface area (TPSA) is 21.3 Å². The van der Waals surface area contributed by atoms with Crippen LogP contribution in [0.3, 0.4) is 0 Å². The van der Waals surface area contributed by atoms with Crippen molar-refractivity contribution in [2.45, 2.75) is 57.8 Å². The first-order chi connectivity index (χ1) is 5.72. The van der Waals surface area contributed by atoms with Gasteiger partial charge in [0, 0.05) is 6.04 Å². The Morgan fingerprint density at radius 2 is 2.08 bits per heavy atom. The SMILES string of the molecule is CNC(C)CC(C)OC1CCC1. The van der Waals surface area contributed by atoms with Crippen LogP contribution in [-0.4, -0.2) is 25.3 Å². The van der Waals surface area contributed by atoms with Gasteiger partial charge in [-0.2, -0.15) is 0 Å². The average molecular weight is 171 g/mol. The summed E-state index contributed by atoms with van der Waals surface area (Å²) in [5, 5.41) is 3.23. The first kappa shape index (κ1) is 10.0. The molecule has 72 valence electrons. The summed E-state index contributed by atoms with van der Waals surface area (Å²) in [6.07, 6.45) is 6.02. The van der Waals surface area contributed by atoms with E-state index < -0.39 is 0 Å². The molecule has 2 unspecified atom stereocenters. The third kappa shape index (κ3) is 3.11. The maximum absolute atomic E-state index is 5.82. The summed E-state index contributed by atoms with van der Waals surface area (Å²) in [4.78, 5) is 0. The normalized spacial score (nSPS) is 23.2. The van der Waals surface area contributed by atoms with Crippen molar-refractivity contribution in [3.8, 4) is 0 Å². The van der Waals surface area contributed by atoms with Crippen molar-refractivity contribution in [1.29, 1.82) is 0 Å². The fraction of sp³-hybridized carbons (Fsp3) is 1.00. The van der Waals surface area contributed by atoms with E-state index in [9.17, 15) is 0 Å². The molecule has 2 heteroatoms. The van der Waals surface area contributed by atoms with Gasteiger partial charge in [-0.3, -0.25) is 0 Å². The largest absolute Gasteiger partial charge is 0.375 e. The quantitative estimate of drug-likeness (QED) is 0.682. The predicted molar refractivity (Wildman–Crippen MR) is 51.3 cm³/mol. The summed E-state index contributed by atoms with van der Waals surface area (Å²) >= 11 is 0. The van der Waals surface area contributed by atoms with E-state index in [1.54, 1.807) is 0 Å². The number of rotatable bonds is 5. The minimum Gasteiger partial charge on any atom is -0.375 e. The molecule has 0 spiro atoms. The lowest BCUT2D eigenvalue weighted by molar-refractivity contribution is -0.0484. The second-order valence-electron chi connectivity index (χ2n) is 3.93. The molecule has 1 fully saturated rings. The minimum absolute atomic E-state index is 0.415. The Labute approximate surface area is 75.7 Å². The van der Waals surface area contributed by atoms with Crippen LogP contribution in [0.1, 0.15) is 39.5 Å². The lowest BCUT2D eigenvalue weighted by atomic mass is 9.96. The molecule has 0 heterocycles. The lowest BCUT2D eigenvalue weighted by Gasteiger charge is -2.30. The third-order valence-electron chi connectivity index (χ3n) is 2.66. The average Bonchev–Trinajstić information content (AvgIpc) is 1.97. The van der Waals surface area contributed by atoms with E-state index in [1.165, 1.54) is 19.3 Å². The zero-order valence-electron chi connectivity index (χ0n) is 8.47. The van der Waals surface area contributed by atoms with E-state index >= 15 is 0 Å². The highest BCUT2D eigenvalue weighted by Crippen LogP contribution is 2.24. The smallest absolute Gasteiger partial charge is 0.0578 e. The van der Waals surface area contributed by atoms with Crippen molar-refractivity contribution in [1.82, 2.24) is 5.32 Å². The Morgan fingerprint density at radius 3 is 2.50 bits per heavy atom. The van der Waals surface area contributed by atoms with E-state index in [0.717, 1.165) is 6.42 Å². The summed E-state index contributed by atoms with van der Waals surface area (Å²) in [5.74, 6) is 0. The molecule has 1 rings (SSSR count). The molecule has 1 saturated carbocycles. The molecule has 0 bridgehead atoms. The van der Waals surface area contributed by atoms with Crippen molar-refractivity contribution in [3.05, 3.63) is 0 Å². The van der Waals surface area contributed by atoms with Gasteiger partial charge < -0.3 is 10.1 Å². The minimum atomic E-state index is 0.415. The number of hydrogen-bond acceptors (Lipinski definition) is 2. The second-order valence-corrected chi connectivity index (χ2v) is 3.93. The first-order valence-electron chi connectivity index (χ1n) is 5.05. The van der Waals surface area contributed by atoms with Crippen LogP contribution in [0.5, 0.6) is 0 Å². The molecule has 1 N–H and O–H groups in total. The highest BCUT2D eigenvalue weighted by Gasteiger charge is 2.20. The summed E-state index contributed by atoms with van der Waals surface area (Å²) < 4.78 is 5.82. The van der Waals surface area contributed by atoms with E-state index in [-0.39, 0.29) is 0 Å². The molecule has 0 aromatic heterocycles. The van der Waals surface area contributed by atoms with Crippen LogP contribution in [0, 0.1) is 0 Å². The van der Waals surface area contributed by atoms with Crippen LogP contribution in [0.4, 0.5) is 0 Å². The zero-order chi connectivity index (χ0) is 8.97. The fourth-order valence-corrected chi connectivity index (χ4v) is 1.51. The van der Waals surface area contributed by atoms with Gasteiger partial charge in [-0.05, 0) is 46.6 Å². The maximum atomic E-state index is 5.82. The van der Waals surface area contributed by atoms with Crippen LogP contribution in [-0.2, 0) is 4.74 Å². The van der Waals surface area contributed by atoms with Crippen LogP contribution in [0.25, 0.3) is 0 Å². The summed E-state index contributed by atoms with van der Waals surface area (Å²) in [6, 6.07) is 0.570. The van der Waals surface area contributed by atoms with Gasteiger partial charge in [0.25, 0.3) is 0 Å². The first-order valence-corrected chi connectivity index (χ1v) is 5.05. The van der Waals surface area contributed by atoms with Crippen LogP contribution < -0.4 is 5.32 Å². The van der Waals surface area contributed by atoms with Gasteiger partial charge in [-0.1, -0.05) is 0 Å². The molecule has 0 aromatic carbocycles. The molecule has 2 atom stereocenters. The second kappa shape index (κ2) is 4.83. The van der Waals surface area contributed by atoms with Gasteiger partial charge in [0.05, 0.1) is 12.2 Å². The predicted octanol–water partition coefficient (Wildman–Crippen LogP) is 1.94. The Morgan fingerprint density at radius 1 is 1.42 bits per heavy atom. The van der Waals surface area contributed by atoms with E-state index in [4.69, 9.17) is 4.74 Å². The fourth-order valence-electron chi connectivity index (χ4n) is 1.51. The third-order valence-corrected chi connectivity index (χ3v) is 2.66. The molecule has 2 nitrogen and oxygen atoms in total. The van der Waals surface area contributed by atoms with E-state index in [0.29, 0.717) is 18.2 Å². The molecule has 0 radical (unpaired) electrons. The standard InChI is InChI=1S/C10H21NO/c1-8(11-3)7-9(2)12-10-5-4-6-10/h8-11H,4-7H2,1-3H3. The van der Waals surface area contributed by atoms with E-state index in [1.807, 2.05) is 7.05 Å². The van der Waals surface area contributed by atoms with Crippen LogP contribution in [0.15, 0.2) is 0 Å². The monoisotopic (exact) mass is 171 g/mol. The molecule has 0 aliphatic heterocycles. The van der Waals surface area contributed by atoms with Gasteiger partial charge >= 0.3 is 0 Å². The van der Waals surface area contributed by atoms with Crippen LogP contribution in [0.2, 0.25) is 0 Å². The van der Waals surface area contributed by atoms with Gasteiger partial charge in [0.15, 0.2) is 0 Å². The number of ether oxygens (including phenoxy) is 1. The summed E-state index contributed by atoms with van der Waals surface area (Å²) in [6.45, 7) is 4.37. The summed E-state index contributed by atoms with van der Waals surface area (Å²) in [7, 11) is 2.00. The Balaban J connectivity index is 2.05. The Hall–Kier alpha value is -0.0800. The molecule has 0 saturated heterocycles. The molecule has 0 aromatic rings. The Kier molecular flexibility index (Phi) is 4.02. The summed E-state index contributed by atoms with van der Waals surface area (Å²) in [5.41, 5.74) is 0. The molecule has 0 amide bonds. The van der Waals surface area contributed by atoms with Crippen molar-refractivity contribution < 1.29 is 4.74 Å².